The van der Waals surface area contributed by atoms with Crippen molar-refractivity contribution in [2.45, 2.75) is 113 Å². The maximum atomic E-state index is 13.8. The summed E-state index contributed by atoms with van der Waals surface area (Å²) >= 11 is 6.20. The average Bonchev–Trinajstić information content (AvgIpc) is 3.09. The van der Waals surface area contributed by atoms with Gasteiger partial charge in [0.15, 0.2) is 0 Å². The zero-order valence-corrected chi connectivity index (χ0v) is 26.1. The number of amides is 1. The third kappa shape index (κ3) is 7.65. The third-order valence-corrected chi connectivity index (χ3v) is 12.6. The summed E-state index contributed by atoms with van der Waals surface area (Å²) in [6, 6.07) is 7.50. The second-order valence-corrected chi connectivity index (χ2v) is 15.4. The maximum absolute atomic E-state index is 13.8. The summed E-state index contributed by atoms with van der Waals surface area (Å²) in [5.74, 6) is 0.737. The van der Waals surface area contributed by atoms with Crippen molar-refractivity contribution >= 4 is 27.5 Å². The highest BCUT2D eigenvalue weighted by Crippen LogP contribution is 2.39. The zero-order valence-electron chi connectivity index (χ0n) is 24.5. The molecule has 8 nitrogen and oxygen atoms in total. The lowest BCUT2D eigenvalue weighted by atomic mass is 9.72. The van der Waals surface area contributed by atoms with Crippen LogP contribution in [0, 0.1) is 11.8 Å². The first kappa shape index (κ1) is 31.2. The summed E-state index contributed by atoms with van der Waals surface area (Å²) in [5.41, 5.74) is 7.89. The Morgan fingerprint density at radius 2 is 1.80 bits per heavy atom. The number of nitrogens with two attached hydrogens (primary N) is 1. The van der Waals surface area contributed by atoms with E-state index in [4.69, 9.17) is 22.1 Å². The lowest BCUT2D eigenvalue weighted by Crippen LogP contribution is -2.57. The number of fused-ring (bicyclic) bond motifs is 2. The number of halogens is 1. The molecule has 7 unspecified atom stereocenters. The van der Waals surface area contributed by atoms with Gasteiger partial charge < -0.3 is 21.1 Å². The normalized spacial score (nSPS) is 35.1. The monoisotopic (exact) mass is 608 g/mol. The minimum atomic E-state index is -3.20. The molecular weight excluding hydrogens is 560 g/mol. The lowest BCUT2D eigenvalue weighted by molar-refractivity contribution is -0.124. The van der Waals surface area contributed by atoms with E-state index in [9.17, 15) is 13.2 Å². The summed E-state index contributed by atoms with van der Waals surface area (Å²) < 4.78 is 33.3. The van der Waals surface area contributed by atoms with Crippen molar-refractivity contribution in [2.24, 2.45) is 17.6 Å². The van der Waals surface area contributed by atoms with Crippen molar-refractivity contribution in [3.8, 4) is 0 Å². The largest absolute Gasteiger partial charge is 0.381 e. The van der Waals surface area contributed by atoms with E-state index >= 15 is 0 Å². The summed E-state index contributed by atoms with van der Waals surface area (Å²) in [5, 5.41) is 7.65. The topological polar surface area (TPSA) is 114 Å². The van der Waals surface area contributed by atoms with E-state index in [1.807, 2.05) is 24.3 Å². The Morgan fingerprint density at radius 3 is 2.54 bits per heavy atom. The smallest absolute Gasteiger partial charge is 0.237 e. The number of methoxy groups -OCH3 is 1. The number of ether oxygens (including phenoxy) is 1. The van der Waals surface area contributed by atoms with Crippen molar-refractivity contribution in [3.63, 3.8) is 0 Å². The fourth-order valence-corrected chi connectivity index (χ4v) is 9.91. The Hall–Kier alpha value is -1.23. The van der Waals surface area contributed by atoms with Gasteiger partial charge in [-0.05, 0) is 93.7 Å². The van der Waals surface area contributed by atoms with Crippen LogP contribution in [0.15, 0.2) is 24.3 Å². The standard InChI is InChI=1S/C31H49ClN4O4S/c1-40-27-16-11-23(12-17-27)29(22-8-13-24(32)14-9-22)30(33)31(37)35-28-7-3-2-5-21(28)10-15-26-19-34-25-6-4-18-41(38,39)36(26)20-25/h8-9,13-14,21,23,25-30,34H,2-7,10-12,15-20,33H2,1H3,(H,35,37). The number of sulfonamides is 1. The van der Waals surface area contributed by atoms with Crippen molar-refractivity contribution in [3.05, 3.63) is 34.9 Å². The third-order valence-electron chi connectivity index (χ3n) is 10.4. The van der Waals surface area contributed by atoms with Crippen LogP contribution in [-0.4, -0.2) is 74.9 Å². The van der Waals surface area contributed by atoms with Gasteiger partial charge in [-0.25, -0.2) is 8.42 Å². The van der Waals surface area contributed by atoms with E-state index in [2.05, 4.69) is 10.6 Å². The molecule has 5 rings (SSSR count). The predicted molar refractivity (Wildman–Crippen MR) is 163 cm³/mol. The van der Waals surface area contributed by atoms with Gasteiger partial charge in [0.1, 0.15) is 0 Å². The van der Waals surface area contributed by atoms with Crippen LogP contribution in [0.25, 0.3) is 0 Å². The summed E-state index contributed by atoms with van der Waals surface area (Å²) in [6.45, 7) is 1.30. The van der Waals surface area contributed by atoms with Gasteiger partial charge in [0.05, 0.1) is 17.9 Å². The number of benzene rings is 1. The van der Waals surface area contributed by atoms with Gasteiger partial charge in [0.25, 0.3) is 0 Å². The highest BCUT2D eigenvalue weighted by atomic mass is 35.5. The van der Waals surface area contributed by atoms with Gasteiger partial charge in [-0.3, -0.25) is 4.79 Å². The number of nitrogens with one attached hydrogen (secondary N) is 2. The molecule has 4 N–H and O–H groups in total. The number of carbonyl (C=O) groups excluding carboxylic acids is 1. The average molecular weight is 609 g/mol. The van der Waals surface area contributed by atoms with Crippen molar-refractivity contribution < 1.29 is 17.9 Å². The molecule has 2 heterocycles. The van der Waals surface area contributed by atoms with E-state index < -0.39 is 16.1 Å². The van der Waals surface area contributed by atoms with Gasteiger partial charge in [0, 0.05) is 49.3 Å². The van der Waals surface area contributed by atoms with Gasteiger partial charge in [0.2, 0.25) is 15.9 Å². The fraction of sp³-hybridized carbons (Fsp3) is 0.774. The van der Waals surface area contributed by atoms with E-state index in [-0.39, 0.29) is 41.8 Å². The van der Waals surface area contributed by atoms with Crippen LogP contribution in [0.4, 0.5) is 0 Å². The second kappa shape index (κ2) is 14.0. The molecule has 1 amide bonds. The van der Waals surface area contributed by atoms with E-state index in [1.54, 1.807) is 11.4 Å². The number of rotatable bonds is 9. The minimum Gasteiger partial charge on any atom is -0.381 e. The molecule has 0 aromatic heterocycles. The Kier molecular flexibility index (Phi) is 10.7. The van der Waals surface area contributed by atoms with Gasteiger partial charge in [-0.1, -0.05) is 36.6 Å². The molecule has 4 fully saturated rings. The van der Waals surface area contributed by atoms with Gasteiger partial charge >= 0.3 is 0 Å². The van der Waals surface area contributed by atoms with Crippen LogP contribution in [0.3, 0.4) is 0 Å². The SMILES string of the molecule is COC1CCC(C(c2ccc(Cl)cc2)C(N)C(=O)NC2CCCCC2CCC2CNC3CCCS(=O)(=O)N2C3)CC1. The van der Waals surface area contributed by atoms with Crippen molar-refractivity contribution in [1.29, 1.82) is 0 Å². The molecule has 2 saturated carbocycles. The molecule has 1 aromatic rings. The molecular formula is C31H49ClN4O4S. The molecule has 2 aliphatic carbocycles. The molecule has 230 valence electrons. The number of piperazine rings is 1. The maximum Gasteiger partial charge on any atom is 0.237 e. The van der Waals surface area contributed by atoms with Gasteiger partial charge in [-0.15, -0.1) is 0 Å². The Bertz CT molecular complexity index is 1110. The van der Waals surface area contributed by atoms with Crippen molar-refractivity contribution in [1.82, 2.24) is 14.9 Å². The highest BCUT2D eigenvalue weighted by molar-refractivity contribution is 7.89. The Morgan fingerprint density at radius 1 is 1.07 bits per heavy atom. The first-order valence-electron chi connectivity index (χ1n) is 15.8. The molecule has 2 saturated heterocycles. The predicted octanol–water partition coefficient (Wildman–Crippen LogP) is 4.18. The van der Waals surface area contributed by atoms with Crippen LogP contribution in [0.5, 0.6) is 0 Å². The van der Waals surface area contributed by atoms with Crippen LogP contribution in [0.2, 0.25) is 5.02 Å². The Balaban J connectivity index is 1.24. The summed E-state index contributed by atoms with van der Waals surface area (Å²) in [4.78, 5) is 13.8. The number of carbonyl (C=O) groups is 1. The van der Waals surface area contributed by atoms with Crippen LogP contribution in [0.1, 0.15) is 88.5 Å². The number of hydrogen-bond acceptors (Lipinski definition) is 6. The second-order valence-electron chi connectivity index (χ2n) is 12.9. The van der Waals surface area contributed by atoms with Gasteiger partial charge in [-0.2, -0.15) is 4.31 Å². The molecule has 2 bridgehead atoms. The van der Waals surface area contributed by atoms with E-state index in [1.165, 1.54) is 0 Å². The molecule has 0 radical (unpaired) electrons. The summed E-state index contributed by atoms with van der Waals surface area (Å²) in [6.07, 6.45) is 11.8. The lowest BCUT2D eigenvalue weighted by Gasteiger charge is -2.40. The molecule has 1 aromatic carbocycles. The highest BCUT2D eigenvalue weighted by Gasteiger charge is 2.40. The molecule has 0 spiro atoms. The molecule has 2 aliphatic heterocycles. The Labute approximate surface area is 251 Å². The van der Waals surface area contributed by atoms with E-state index in [0.29, 0.717) is 29.9 Å². The van der Waals surface area contributed by atoms with E-state index in [0.717, 1.165) is 82.6 Å². The molecule has 7 atom stereocenters. The molecule has 41 heavy (non-hydrogen) atoms. The molecule has 4 aliphatic rings. The first-order valence-corrected chi connectivity index (χ1v) is 17.8. The molecule has 10 heteroatoms. The minimum absolute atomic E-state index is 0.00796. The van der Waals surface area contributed by atoms with Crippen molar-refractivity contribution in [2.75, 3.05) is 26.0 Å². The zero-order chi connectivity index (χ0) is 29.0. The summed E-state index contributed by atoms with van der Waals surface area (Å²) in [7, 11) is -1.43. The quantitative estimate of drug-likeness (QED) is 0.388. The van der Waals surface area contributed by atoms with Crippen LogP contribution < -0.4 is 16.4 Å². The number of nitrogens with zero attached hydrogens (tertiary/aromatic N) is 1. The van der Waals surface area contributed by atoms with Crippen LogP contribution >= 0.6 is 11.6 Å². The van der Waals surface area contributed by atoms with Crippen LogP contribution in [-0.2, 0) is 19.6 Å². The first-order chi connectivity index (χ1) is 19.7. The number of hydrogen-bond donors (Lipinski definition) is 3. The fourth-order valence-electron chi connectivity index (χ4n) is 7.98.